The van der Waals surface area contributed by atoms with E-state index in [0.717, 1.165) is 26.2 Å². The predicted molar refractivity (Wildman–Crippen MR) is 148 cm³/mol. The van der Waals surface area contributed by atoms with Gasteiger partial charge in [-0.25, -0.2) is 27.8 Å². The zero-order chi connectivity index (χ0) is 29.9. The normalized spacial score (nSPS) is 17.9. The number of nitrogens with zero attached hydrogens (tertiary/aromatic N) is 5. The van der Waals surface area contributed by atoms with Gasteiger partial charge in [-0.1, -0.05) is 0 Å². The van der Waals surface area contributed by atoms with E-state index in [4.69, 9.17) is 5.11 Å². The van der Waals surface area contributed by atoms with Gasteiger partial charge in [-0.15, -0.1) is 11.8 Å². The summed E-state index contributed by atoms with van der Waals surface area (Å²) in [5, 5.41) is 11.8. The first kappa shape index (κ1) is 30.8. The van der Waals surface area contributed by atoms with E-state index in [9.17, 15) is 27.6 Å². The summed E-state index contributed by atoms with van der Waals surface area (Å²) in [7, 11) is 0. The number of carbonyl (C=O) groups is 3. The summed E-state index contributed by atoms with van der Waals surface area (Å²) in [4.78, 5) is 48.7. The van der Waals surface area contributed by atoms with Crippen LogP contribution >= 0.6 is 11.8 Å². The molecule has 222 valence electrons. The summed E-state index contributed by atoms with van der Waals surface area (Å²) in [6.07, 6.45) is 3.08. The molecule has 2 N–H and O–H groups in total. The van der Waals surface area contributed by atoms with E-state index in [1.54, 1.807) is 12.1 Å². The molecule has 1 aromatic heterocycles. The van der Waals surface area contributed by atoms with Crippen LogP contribution in [0.1, 0.15) is 25.8 Å². The van der Waals surface area contributed by atoms with E-state index < -0.39 is 45.5 Å². The SMILES string of the molecule is CSc1c(F)cc(N2C(=O)N(Cc3ccnc(NC(=O)CCN4CCN(CCO)CC4)c3)C(C)(C)C2=O)c(F)c1F. The Kier molecular flexibility index (Phi) is 9.57. The van der Waals surface area contributed by atoms with Crippen molar-refractivity contribution in [3.63, 3.8) is 0 Å². The smallest absolute Gasteiger partial charge is 0.332 e. The molecule has 2 aromatic rings. The van der Waals surface area contributed by atoms with Gasteiger partial charge in [0.1, 0.15) is 17.2 Å². The molecular formula is C27H33F3N6O4S. The lowest BCUT2D eigenvalue weighted by molar-refractivity contribution is -0.123. The van der Waals surface area contributed by atoms with Gasteiger partial charge in [-0.2, -0.15) is 0 Å². The number of amides is 4. The first-order valence-electron chi connectivity index (χ1n) is 13.2. The van der Waals surface area contributed by atoms with E-state index in [0.29, 0.717) is 41.4 Å². The predicted octanol–water partition coefficient (Wildman–Crippen LogP) is 2.91. The van der Waals surface area contributed by atoms with Crippen molar-refractivity contribution in [3.8, 4) is 0 Å². The number of aromatic nitrogens is 1. The van der Waals surface area contributed by atoms with E-state index >= 15 is 0 Å². The van der Waals surface area contributed by atoms with E-state index in [-0.39, 0.29) is 31.3 Å². The van der Waals surface area contributed by atoms with Gasteiger partial charge in [0.05, 0.1) is 17.2 Å². The Balaban J connectivity index is 1.42. The molecule has 10 nitrogen and oxygen atoms in total. The maximum absolute atomic E-state index is 14.9. The van der Waals surface area contributed by atoms with E-state index in [1.165, 1.54) is 31.2 Å². The van der Waals surface area contributed by atoms with Gasteiger partial charge in [0.2, 0.25) is 5.91 Å². The van der Waals surface area contributed by atoms with Gasteiger partial charge in [0.25, 0.3) is 5.91 Å². The quantitative estimate of drug-likeness (QED) is 0.246. The second-order valence-electron chi connectivity index (χ2n) is 10.4. The van der Waals surface area contributed by atoms with Crippen molar-refractivity contribution in [2.24, 2.45) is 0 Å². The van der Waals surface area contributed by atoms with Crippen molar-refractivity contribution in [1.82, 2.24) is 19.7 Å². The molecule has 0 spiro atoms. The molecular weight excluding hydrogens is 561 g/mol. The number of thioether (sulfide) groups is 1. The number of benzene rings is 1. The number of halogens is 3. The standard InChI is InChI=1S/C27H33F3N6O4S/c1-27(2)25(39)36(19-15-18(28)24(41-3)23(30)22(19)29)26(40)35(27)16-17-4-6-31-20(14-17)32-21(38)5-7-33-8-10-34(11-9-33)12-13-37/h4,6,14-15,37H,5,7-13,16H2,1-3H3,(H,31,32,38). The van der Waals surface area contributed by atoms with Gasteiger partial charge in [-0.3, -0.25) is 14.5 Å². The van der Waals surface area contributed by atoms with Gasteiger partial charge >= 0.3 is 6.03 Å². The minimum atomic E-state index is -1.49. The van der Waals surface area contributed by atoms with Crippen LogP contribution in [0.2, 0.25) is 0 Å². The van der Waals surface area contributed by atoms with Crippen molar-refractivity contribution in [2.45, 2.75) is 37.2 Å². The molecule has 0 aliphatic carbocycles. The fraction of sp³-hybridized carbons (Fsp3) is 0.481. The van der Waals surface area contributed by atoms with E-state index in [2.05, 4.69) is 20.1 Å². The van der Waals surface area contributed by atoms with Gasteiger partial charge in [-0.05, 0) is 37.8 Å². The van der Waals surface area contributed by atoms with Crippen LogP contribution in [0.15, 0.2) is 29.3 Å². The Bertz CT molecular complexity index is 1320. The Morgan fingerprint density at radius 1 is 1.07 bits per heavy atom. The first-order chi connectivity index (χ1) is 19.5. The molecule has 14 heteroatoms. The zero-order valence-electron chi connectivity index (χ0n) is 23.1. The van der Waals surface area contributed by atoms with Crippen molar-refractivity contribution < 1.29 is 32.7 Å². The third-order valence-corrected chi connectivity index (χ3v) is 8.12. The van der Waals surface area contributed by atoms with Crippen molar-refractivity contribution >= 4 is 41.1 Å². The van der Waals surface area contributed by atoms with Crippen LogP contribution in [0.4, 0.5) is 29.5 Å². The minimum Gasteiger partial charge on any atom is -0.395 e. The number of rotatable bonds is 10. The highest BCUT2D eigenvalue weighted by atomic mass is 32.2. The molecule has 41 heavy (non-hydrogen) atoms. The first-order valence-corrected chi connectivity index (χ1v) is 14.4. The van der Waals surface area contributed by atoms with Crippen LogP contribution in [0, 0.1) is 17.5 Å². The number of urea groups is 1. The van der Waals surface area contributed by atoms with Crippen molar-refractivity contribution in [3.05, 3.63) is 47.4 Å². The molecule has 2 fully saturated rings. The summed E-state index contributed by atoms with van der Waals surface area (Å²) in [5.41, 5.74) is -1.72. The maximum atomic E-state index is 14.9. The Morgan fingerprint density at radius 3 is 2.37 bits per heavy atom. The minimum absolute atomic E-state index is 0.104. The topological polar surface area (TPSA) is 109 Å². The van der Waals surface area contributed by atoms with Crippen LogP contribution in [0.25, 0.3) is 0 Å². The number of nitrogens with one attached hydrogen (secondary N) is 1. The monoisotopic (exact) mass is 594 g/mol. The number of carbonyl (C=O) groups excluding carboxylic acids is 3. The number of aliphatic hydroxyl groups excluding tert-OH is 1. The molecule has 4 amide bonds. The number of hydrogen-bond donors (Lipinski definition) is 2. The third-order valence-electron chi connectivity index (χ3n) is 7.33. The average Bonchev–Trinajstić information content (AvgIpc) is 3.10. The zero-order valence-corrected chi connectivity index (χ0v) is 23.9. The van der Waals surface area contributed by atoms with Crippen LogP contribution in [-0.2, 0) is 16.1 Å². The summed E-state index contributed by atoms with van der Waals surface area (Å²) >= 11 is 0.672. The maximum Gasteiger partial charge on any atom is 0.332 e. The fourth-order valence-corrected chi connectivity index (χ4v) is 5.42. The number of hydrogen-bond acceptors (Lipinski definition) is 8. The van der Waals surface area contributed by atoms with Gasteiger partial charge in [0.15, 0.2) is 11.6 Å². The third kappa shape index (κ3) is 6.50. The number of aliphatic hydroxyl groups is 1. The van der Waals surface area contributed by atoms with Crippen LogP contribution in [-0.4, -0.2) is 100 Å². The van der Waals surface area contributed by atoms with Crippen LogP contribution < -0.4 is 10.2 Å². The average molecular weight is 595 g/mol. The summed E-state index contributed by atoms with van der Waals surface area (Å²) in [6.45, 7) is 7.43. The van der Waals surface area contributed by atoms with Crippen molar-refractivity contribution in [2.75, 3.05) is 62.3 Å². The molecule has 0 atom stereocenters. The highest BCUT2D eigenvalue weighted by molar-refractivity contribution is 7.98. The number of piperazine rings is 1. The lowest BCUT2D eigenvalue weighted by Gasteiger charge is -2.34. The van der Waals surface area contributed by atoms with Crippen LogP contribution in [0.3, 0.4) is 0 Å². The molecule has 2 saturated heterocycles. The molecule has 3 heterocycles. The lowest BCUT2D eigenvalue weighted by atomic mass is 10.0. The molecule has 2 aliphatic heterocycles. The summed E-state index contributed by atoms with van der Waals surface area (Å²) < 4.78 is 43.8. The second kappa shape index (κ2) is 12.8. The summed E-state index contributed by atoms with van der Waals surface area (Å²) in [5.74, 6) is -4.85. The second-order valence-corrected chi connectivity index (χ2v) is 11.2. The molecule has 1 aromatic carbocycles. The lowest BCUT2D eigenvalue weighted by Crippen LogP contribution is -2.47. The molecule has 2 aliphatic rings. The molecule has 0 bridgehead atoms. The Hall–Kier alpha value is -3.20. The van der Waals surface area contributed by atoms with Gasteiger partial charge < -0.3 is 20.2 Å². The Labute approximate surface area is 240 Å². The van der Waals surface area contributed by atoms with Crippen LogP contribution in [0.5, 0.6) is 0 Å². The number of anilines is 2. The Morgan fingerprint density at radius 2 is 1.73 bits per heavy atom. The molecule has 0 saturated carbocycles. The molecule has 0 radical (unpaired) electrons. The highest BCUT2D eigenvalue weighted by Gasteiger charge is 2.52. The number of β-amino-alcohol motifs (C(OH)–C–C–N with tert-alkyl or cyclic N) is 1. The van der Waals surface area contributed by atoms with Gasteiger partial charge in [0, 0.05) is 64.5 Å². The molecule has 4 rings (SSSR count). The fourth-order valence-electron chi connectivity index (χ4n) is 4.90. The summed E-state index contributed by atoms with van der Waals surface area (Å²) in [6, 6.07) is 2.88. The molecule has 0 unspecified atom stereocenters. The highest BCUT2D eigenvalue weighted by Crippen LogP contribution is 2.38. The number of imide groups is 1. The largest absolute Gasteiger partial charge is 0.395 e. The van der Waals surface area contributed by atoms with E-state index in [1.807, 2.05) is 0 Å². The van der Waals surface area contributed by atoms with Crippen molar-refractivity contribution in [1.29, 1.82) is 0 Å². The number of pyridine rings is 1.